The van der Waals surface area contributed by atoms with Gasteiger partial charge in [0.25, 0.3) is 5.91 Å². The standard InChI is InChI=1S/C13H17F2N3O3S/c1-18(8-6-4-3-5-7-8)11(20)9(19)10-16-17-12(22-10)13(14,15)21-2/h6,9,19H,3-5,7H2,1-2H3. The number of hydrogen-bond acceptors (Lipinski definition) is 6. The van der Waals surface area contributed by atoms with Gasteiger partial charge in [0.1, 0.15) is 0 Å². The van der Waals surface area contributed by atoms with Gasteiger partial charge in [-0.1, -0.05) is 17.4 Å². The summed E-state index contributed by atoms with van der Waals surface area (Å²) in [4.78, 5) is 13.6. The van der Waals surface area contributed by atoms with Crippen molar-refractivity contribution in [3.8, 4) is 0 Å². The first kappa shape index (κ1) is 16.9. The third-order valence-corrected chi connectivity index (χ3v) is 4.47. The van der Waals surface area contributed by atoms with Crippen molar-refractivity contribution >= 4 is 17.2 Å². The van der Waals surface area contributed by atoms with Gasteiger partial charge in [-0.3, -0.25) is 4.79 Å². The lowest BCUT2D eigenvalue weighted by atomic mass is 10.0. The third kappa shape index (κ3) is 3.47. The van der Waals surface area contributed by atoms with Gasteiger partial charge in [0.15, 0.2) is 11.1 Å². The van der Waals surface area contributed by atoms with Gasteiger partial charge in [0, 0.05) is 19.9 Å². The van der Waals surface area contributed by atoms with Crippen LogP contribution in [0, 0.1) is 0 Å². The summed E-state index contributed by atoms with van der Waals surface area (Å²) >= 11 is 0.451. The van der Waals surface area contributed by atoms with Crippen molar-refractivity contribution in [1.29, 1.82) is 0 Å². The lowest BCUT2D eigenvalue weighted by molar-refractivity contribution is -0.231. The van der Waals surface area contributed by atoms with E-state index in [1.165, 1.54) is 4.90 Å². The van der Waals surface area contributed by atoms with Crippen LogP contribution in [-0.4, -0.2) is 40.3 Å². The predicted molar refractivity (Wildman–Crippen MR) is 75.1 cm³/mol. The van der Waals surface area contributed by atoms with Crippen LogP contribution in [-0.2, 0) is 15.6 Å². The number of nitrogens with zero attached hydrogens (tertiary/aromatic N) is 3. The average Bonchev–Trinajstić information content (AvgIpc) is 3.04. The molecule has 0 saturated carbocycles. The van der Waals surface area contributed by atoms with Crippen molar-refractivity contribution in [1.82, 2.24) is 15.1 Å². The molecule has 1 unspecified atom stereocenters. The van der Waals surface area contributed by atoms with Crippen LogP contribution < -0.4 is 0 Å². The van der Waals surface area contributed by atoms with Gasteiger partial charge in [-0.2, -0.15) is 8.78 Å². The molecule has 1 heterocycles. The second kappa shape index (κ2) is 6.76. The Morgan fingerprint density at radius 1 is 1.50 bits per heavy atom. The Bertz CT molecular complexity index is 577. The molecule has 0 radical (unpaired) electrons. The van der Waals surface area contributed by atoms with E-state index in [-0.39, 0.29) is 5.01 Å². The number of aliphatic hydroxyl groups is 1. The second-order valence-electron chi connectivity index (χ2n) is 4.91. The lowest BCUT2D eigenvalue weighted by Crippen LogP contribution is -2.31. The number of ether oxygens (including phenoxy) is 1. The number of halogens is 2. The topological polar surface area (TPSA) is 75.5 Å². The summed E-state index contributed by atoms with van der Waals surface area (Å²) in [5.41, 5.74) is 0.822. The minimum atomic E-state index is -3.59. The highest BCUT2D eigenvalue weighted by molar-refractivity contribution is 7.11. The Hall–Kier alpha value is -1.45. The molecule has 1 atom stereocenters. The lowest BCUT2D eigenvalue weighted by Gasteiger charge is -2.24. The molecule has 2 rings (SSSR count). The van der Waals surface area contributed by atoms with E-state index in [2.05, 4.69) is 14.9 Å². The largest absolute Gasteiger partial charge is 0.411 e. The van der Waals surface area contributed by atoms with E-state index in [0.29, 0.717) is 11.3 Å². The number of likely N-dealkylation sites (N-methyl/N-ethyl adjacent to an activating group) is 1. The van der Waals surface area contributed by atoms with E-state index < -0.39 is 23.1 Å². The summed E-state index contributed by atoms with van der Waals surface area (Å²) in [6, 6.07) is 0. The van der Waals surface area contributed by atoms with E-state index in [4.69, 9.17) is 0 Å². The van der Waals surface area contributed by atoms with Crippen LogP contribution in [0.3, 0.4) is 0 Å². The van der Waals surface area contributed by atoms with Crippen LogP contribution in [0.15, 0.2) is 11.8 Å². The van der Waals surface area contributed by atoms with Gasteiger partial charge in [-0.25, -0.2) is 0 Å². The first-order valence-corrected chi connectivity index (χ1v) is 7.60. The van der Waals surface area contributed by atoms with Gasteiger partial charge < -0.3 is 14.7 Å². The Morgan fingerprint density at radius 2 is 2.23 bits per heavy atom. The molecule has 0 aliphatic heterocycles. The first-order chi connectivity index (χ1) is 10.4. The number of alkyl halides is 2. The first-order valence-electron chi connectivity index (χ1n) is 6.78. The molecular formula is C13H17F2N3O3S. The number of hydrogen-bond donors (Lipinski definition) is 1. The van der Waals surface area contributed by atoms with Crippen LogP contribution in [0.25, 0.3) is 0 Å². The third-order valence-electron chi connectivity index (χ3n) is 3.44. The maximum atomic E-state index is 13.3. The number of methoxy groups -OCH3 is 1. The molecule has 1 aliphatic carbocycles. The molecule has 1 aromatic rings. The van der Waals surface area contributed by atoms with E-state index >= 15 is 0 Å². The van der Waals surface area contributed by atoms with Crippen LogP contribution in [0.1, 0.15) is 41.8 Å². The van der Waals surface area contributed by atoms with Crippen molar-refractivity contribution in [2.24, 2.45) is 0 Å². The summed E-state index contributed by atoms with van der Waals surface area (Å²) in [6.07, 6.45) is 0.411. The normalized spacial score (nSPS) is 17.0. The molecule has 6 nitrogen and oxygen atoms in total. The molecule has 22 heavy (non-hydrogen) atoms. The molecule has 0 spiro atoms. The molecular weight excluding hydrogens is 316 g/mol. The summed E-state index contributed by atoms with van der Waals surface area (Å²) in [5.74, 6) is -0.614. The highest BCUT2D eigenvalue weighted by Crippen LogP contribution is 2.33. The molecule has 1 aromatic heterocycles. The zero-order valence-electron chi connectivity index (χ0n) is 12.3. The molecule has 0 saturated heterocycles. The van der Waals surface area contributed by atoms with Crippen LogP contribution in [0.2, 0.25) is 0 Å². The number of rotatable bonds is 5. The molecule has 9 heteroatoms. The summed E-state index contributed by atoms with van der Waals surface area (Å²) < 4.78 is 30.6. The van der Waals surface area contributed by atoms with Crippen molar-refractivity contribution in [2.45, 2.75) is 37.9 Å². The average molecular weight is 333 g/mol. The number of aromatic nitrogens is 2. The SMILES string of the molecule is COC(F)(F)c1nnc(C(O)C(=O)N(C)C2=CCCCC2)s1. The van der Waals surface area contributed by atoms with Gasteiger partial charge in [-0.05, 0) is 25.7 Å². The van der Waals surface area contributed by atoms with E-state index in [9.17, 15) is 18.7 Å². The zero-order chi connectivity index (χ0) is 16.3. The monoisotopic (exact) mass is 333 g/mol. The highest BCUT2D eigenvalue weighted by atomic mass is 32.1. The smallest absolute Gasteiger partial charge is 0.376 e. The molecule has 0 aromatic carbocycles. The zero-order valence-corrected chi connectivity index (χ0v) is 13.1. The maximum absolute atomic E-state index is 13.3. The Morgan fingerprint density at radius 3 is 2.82 bits per heavy atom. The fourth-order valence-electron chi connectivity index (χ4n) is 2.11. The van der Waals surface area contributed by atoms with Gasteiger partial charge >= 0.3 is 6.11 Å². The Labute approximate surface area is 130 Å². The number of amides is 1. The van der Waals surface area contributed by atoms with E-state index in [1.807, 2.05) is 6.08 Å². The molecule has 1 aliphatic rings. The quantitative estimate of drug-likeness (QED) is 0.894. The minimum Gasteiger partial charge on any atom is -0.376 e. The van der Waals surface area contributed by atoms with Gasteiger partial charge in [-0.15, -0.1) is 10.2 Å². The van der Waals surface area contributed by atoms with Crippen molar-refractivity contribution in [3.63, 3.8) is 0 Å². The summed E-state index contributed by atoms with van der Waals surface area (Å²) in [6.45, 7) is 0. The second-order valence-corrected chi connectivity index (χ2v) is 5.92. The molecule has 1 amide bonds. The summed E-state index contributed by atoms with van der Waals surface area (Å²) in [7, 11) is 2.39. The molecule has 0 bridgehead atoms. The van der Waals surface area contributed by atoms with Gasteiger partial charge in [0.2, 0.25) is 5.01 Å². The van der Waals surface area contributed by atoms with E-state index in [1.54, 1.807) is 7.05 Å². The number of aliphatic hydroxyl groups excluding tert-OH is 1. The highest BCUT2D eigenvalue weighted by Gasteiger charge is 2.38. The number of carbonyl (C=O) groups is 1. The number of carbonyl (C=O) groups excluding carboxylic acids is 1. The van der Waals surface area contributed by atoms with Crippen LogP contribution >= 0.6 is 11.3 Å². The predicted octanol–water partition coefficient (Wildman–Crippen LogP) is 2.18. The molecule has 1 N–H and O–H groups in total. The van der Waals surface area contributed by atoms with Crippen molar-refractivity contribution in [2.75, 3.05) is 14.2 Å². The Kier molecular flexibility index (Phi) is 5.20. The Balaban J connectivity index is 2.12. The van der Waals surface area contributed by atoms with Crippen LogP contribution in [0.5, 0.6) is 0 Å². The van der Waals surface area contributed by atoms with Crippen molar-refractivity contribution < 1.29 is 23.4 Å². The maximum Gasteiger partial charge on any atom is 0.411 e. The number of allylic oxidation sites excluding steroid dienone is 2. The fourth-order valence-corrected chi connectivity index (χ4v) is 2.88. The minimum absolute atomic E-state index is 0.181. The fraction of sp³-hybridized carbons (Fsp3) is 0.615. The molecule has 122 valence electrons. The molecule has 0 fully saturated rings. The summed E-state index contributed by atoms with van der Waals surface area (Å²) in [5, 5.41) is 15.9. The van der Waals surface area contributed by atoms with Gasteiger partial charge in [0.05, 0.1) is 0 Å². The van der Waals surface area contributed by atoms with E-state index in [0.717, 1.165) is 38.5 Å². The van der Waals surface area contributed by atoms with Crippen molar-refractivity contribution in [3.05, 3.63) is 21.8 Å². The van der Waals surface area contributed by atoms with Crippen LogP contribution in [0.4, 0.5) is 8.78 Å².